The van der Waals surface area contributed by atoms with Crippen LogP contribution in [0.25, 0.3) is 0 Å². The van der Waals surface area contributed by atoms with Crippen LogP contribution in [0.4, 0.5) is 4.39 Å². The van der Waals surface area contributed by atoms with Crippen molar-refractivity contribution >= 4 is 0 Å². The maximum atomic E-state index is 13.6. The molecule has 3 nitrogen and oxygen atoms in total. The standard InChI is InChI=1S/C16H19FN2O/c1-3-15(18)16(12-6-8-19-9-7-12)20-13-5-4-11(2)14(17)10-13/h4-10,15-16H,3,18H2,1-2H3. The molecule has 0 radical (unpaired) electrons. The number of hydrogen-bond acceptors (Lipinski definition) is 3. The van der Waals surface area contributed by atoms with Gasteiger partial charge in [-0.15, -0.1) is 0 Å². The molecule has 106 valence electrons. The van der Waals surface area contributed by atoms with Gasteiger partial charge in [0.2, 0.25) is 0 Å². The smallest absolute Gasteiger partial charge is 0.139 e. The lowest BCUT2D eigenvalue weighted by molar-refractivity contribution is 0.170. The van der Waals surface area contributed by atoms with E-state index < -0.39 is 0 Å². The summed E-state index contributed by atoms with van der Waals surface area (Å²) in [6.45, 7) is 3.72. The minimum atomic E-state index is -0.315. The van der Waals surface area contributed by atoms with E-state index in [0.29, 0.717) is 11.3 Å². The zero-order valence-corrected chi connectivity index (χ0v) is 11.7. The van der Waals surface area contributed by atoms with Crippen LogP contribution in [-0.2, 0) is 0 Å². The Balaban J connectivity index is 2.26. The van der Waals surface area contributed by atoms with Gasteiger partial charge in [0.1, 0.15) is 17.7 Å². The lowest BCUT2D eigenvalue weighted by Crippen LogP contribution is -2.31. The molecule has 2 aromatic rings. The third-order valence-electron chi connectivity index (χ3n) is 3.30. The summed E-state index contributed by atoms with van der Waals surface area (Å²) in [5, 5.41) is 0. The molecule has 0 bridgehead atoms. The van der Waals surface area contributed by atoms with Gasteiger partial charge in [-0.25, -0.2) is 4.39 Å². The van der Waals surface area contributed by atoms with E-state index in [1.54, 1.807) is 31.5 Å². The Kier molecular flexibility index (Phi) is 4.69. The van der Waals surface area contributed by atoms with E-state index in [1.165, 1.54) is 6.07 Å². The zero-order chi connectivity index (χ0) is 14.5. The van der Waals surface area contributed by atoms with Gasteiger partial charge in [0, 0.05) is 24.5 Å². The van der Waals surface area contributed by atoms with E-state index in [-0.39, 0.29) is 18.0 Å². The highest BCUT2D eigenvalue weighted by molar-refractivity contribution is 5.29. The van der Waals surface area contributed by atoms with Crippen molar-refractivity contribution in [3.8, 4) is 5.75 Å². The fourth-order valence-electron chi connectivity index (χ4n) is 1.96. The van der Waals surface area contributed by atoms with Gasteiger partial charge >= 0.3 is 0 Å². The van der Waals surface area contributed by atoms with Crippen LogP contribution in [0, 0.1) is 12.7 Å². The average molecular weight is 274 g/mol. The van der Waals surface area contributed by atoms with Crippen molar-refractivity contribution < 1.29 is 9.13 Å². The monoisotopic (exact) mass is 274 g/mol. The van der Waals surface area contributed by atoms with E-state index in [2.05, 4.69) is 4.98 Å². The SMILES string of the molecule is CCC(N)C(Oc1ccc(C)c(F)c1)c1ccncc1. The van der Waals surface area contributed by atoms with Crippen molar-refractivity contribution in [3.63, 3.8) is 0 Å². The van der Waals surface area contributed by atoms with Crippen LogP contribution in [0.1, 0.15) is 30.6 Å². The fraction of sp³-hybridized carbons (Fsp3) is 0.312. The number of benzene rings is 1. The van der Waals surface area contributed by atoms with Crippen LogP contribution < -0.4 is 10.5 Å². The highest BCUT2D eigenvalue weighted by Gasteiger charge is 2.20. The minimum Gasteiger partial charge on any atom is -0.484 e. The van der Waals surface area contributed by atoms with Crippen LogP contribution in [0.15, 0.2) is 42.7 Å². The third-order valence-corrected chi connectivity index (χ3v) is 3.30. The molecule has 1 aromatic carbocycles. The van der Waals surface area contributed by atoms with Crippen molar-refractivity contribution in [2.45, 2.75) is 32.4 Å². The summed E-state index contributed by atoms with van der Waals surface area (Å²) in [5.74, 6) is 0.208. The molecule has 0 saturated carbocycles. The number of pyridine rings is 1. The summed E-state index contributed by atoms with van der Waals surface area (Å²) < 4.78 is 19.5. The summed E-state index contributed by atoms with van der Waals surface area (Å²) >= 11 is 0. The second-order valence-corrected chi connectivity index (χ2v) is 4.80. The Morgan fingerprint density at radius 1 is 1.25 bits per heavy atom. The minimum absolute atomic E-state index is 0.165. The molecule has 4 heteroatoms. The molecule has 1 heterocycles. The molecule has 0 fully saturated rings. The Morgan fingerprint density at radius 3 is 2.55 bits per heavy atom. The molecule has 0 spiro atoms. The third kappa shape index (κ3) is 3.33. The summed E-state index contributed by atoms with van der Waals surface area (Å²) in [6.07, 6.45) is 3.85. The Morgan fingerprint density at radius 2 is 1.95 bits per heavy atom. The molecule has 0 amide bonds. The number of halogens is 1. The van der Waals surface area contributed by atoms with E-state index in [0.717, 1.165) is 12.0 Å². The maximum Gasteiger partial charge on any atom is 0.139 e. The van der Waals surface area contributed by atoms with E-state index >= 15 is 0 Å². The normalized spacial score (nSPS) is 13.8. The molecule has 0 aliphatic carbocycles. The summed E-state index contributed by atoms with van der Waals surface area (Å²) in [4.78, 5) is 3.99. The predicted octanol–water partition coefficient (Wildman–Crippen LogP) is 3.39. The number of hydrogen-bond donors (Lipinski definition) is 1. The Labute approximate surface area is 118 Å². The number of ether oxygens (including phenoxy) is 1. The highest BCUT2D eigenvalue weighted by Crippen LogP contribution is 2.26. The molecule has 0 saturated heterocycles. The van der Waals surface area contributed by atoms with Gasteiger partial charge < -0.3 is 10.5 Å². The second kappa shape index (κ2) is 6.48. The molecule has 0 aliphatic heterocycles. The summed E-state index contributed by atoms with van der Waals surface area (Å²) in [6, 6.07) is 8.42. The molecule has 2 unspecified atom stereocenters. The fourth-order valence-corrected chi connectivity index (χ4v) is 1.96. The topological polar surface area (TPSA) is 48.1 Å². The van der Waals surface area contributed by atoms with Crippen molar-refractivity contribution in [1.82, 2.24) is 4.98 Å². The van der Waals surface area contributed by atoms with E-state index in [1.807, 2.05) is 19.1 Å². The van der Waals surface area contributed by atoms with Gasteiger partial charge in [0.15, 0.2) is 0 Å². The van der Waals surface area contributed by atoms with Crippen molar-refractivity contribution in [3.05, 3.63) is 59.7 Å². The van der Waals surface area contributed by atoms with Crippen LogP contribution in [0.5, 0.6) is 5.75 Å². The van der Waals surface area contributed by atoms with Crippen LogP contribution >= 0.6 is 0 Å². The summed E-state index contributed by atoms with van der Waals surface area (Å²) in [5.41, 5.74) is 7.66. The van der Waals surface area contributed by atoms with Gasteiger partial charge in [0.25, 0.3) is 0 Å². The first-order valence-corrected chi connectivity index (χ1v) is 6.70. The molecule has 2 N–H and O–H groups in total. The van der Waals surface area contributed by atoms with Gasteiger partial charge in [-0.2, -0.15) is 0 Å². The van der Waals surface area contributed by atoms with Crippen LogP contribution in [0.3, 0.4) is 0 Å². The summed E-state index contributed by atoms with van der Waals surface area (Å²) in [7, 11) is 0. The molecule has 2 rings (SSSR count). The number of nitrogens with zero attached hydrogens (tertiary/aromatic N) is 1. The Bertz CT molecular complexity index is 560. The molecule has 2 atom stereocenters. The second-order valence-electron chi connectivity index (χ2n) is 4.80. The van der Waals surface area contributed by atoms with Gasteiger partial charge in [-0.05, 0) is 42.7 Å². The van der Waals surface area contributed by atoms with Gasteiger partial charge in [0.05, 0.1) is 0 Å². The van der Waals surface area contributed by atoms with Gasteiger partial charge in [-0.3, -0.25) is 4.98 Å². The zero-order valence-electron chi connectivity index (χ0n) is 11.7. The number of aromatic nitrogens is 1. The predicted molar refractivity (Wildman–Crippen MR) is 77.0 cm³/mol. The quantitative estimate of drug-likeness (QED) is 0.909. The number of aryl methyl sites for hydroxylation is 1. The van der Waals surface area contributed by atoms with Crippen LogP contribution in [-0.4, -0.2) is 11.0 Å². The highest BCUT2D eigenvalue weighted by atomic mass is 19.1. The molecule has 1 aromatic heterocycles. The lowest BCUT2D eigenvalue weighted by Gasteiger charge is -2.24. The largest absolute Gasteiger partial charge is 0.484 e. The maximum absolute atomic E-state index is 13.6. The molecular weight excluding hydrogens is 255 g/mol. The van der Waals surface area contributed by atoms with E-state index in [4.69, 9.17) is 10.5 Å². The Hall–Kier alpha value is -1.94. The lowest BCUT2D eigenvalue weighted by atomic mass is 10.0. The van der Waals surface area contributed by atoms with Crippen molar-refractivity contribution in [2.75, 3.05) is 0 Å². The first-order valence-electron chi connectivity index (χ1n) is 6.70. The van der Waals surface area contributed by atoms with Crippen molar-refractivity contribution in [1.29, 1.82) is 0 Å². The first-order chi connectivity index (χ1) is 9.61. The molecular formula is C16H19FN2O. The molecule has 0 aliphatic rings. The first kappa shape index (κ1) is 14.5. The number of rotatable bonds is 5. The molecule has 20 heavy (non-hydrogen) atoms. The van der Waals surface area contributed by atoms with Gasteiger partial charge in [-0.1, -0.05) is 13.0 Å². The van der Waals surface area contributed by atoms with Crippen molar-refractivity contribution in [2.24, 2.45) is 5.73 Å². The average Bonchev–Trinajstić information content (AvgIpc) is 2.48. The van der Waals surface area contributed by atoms with E-state index in [9.17, 15) is 4.39 Å². The van der Waals surface area contributed by atoms with Crippen LogP contribution in [0.2, 0.25) is 0 Å². The number of nitrogens with two attached hydrogens (primary N) is 1.